The molecule has 0 fully saturated rings. The summed E-state index contributed by atoms with van der Waals surface area (Å²) in [6.07, 6.45) is 2.97. The van der Waals surface area contributed by atoms with E-state index in [4.69, 9.17) is 0 Å². The monoisotopic (exact) mass is 267 g/mol. The molecule has 0 aliphatic carbocycles. The Labute approximate surface area is 105 Å². The van der Waals surface area contributed by atoms with Gasteiger partial charge in [-0.15, -0.1) is 0 Å². The van der Waals surface area contributed by atoms with E-state index in [2.05, 4.69) is 26.1 Å². The first-order valence-electron chi connectivity index (χ1n) is 5.63. The van der Waals surface area contributed by atoms with Gasteiger partial charge in [-0.3, -0.25) is 0 Å². The van der Waals surface area contributed by atoms with Gasteiger partial charge in [-0.1, -0.05) is 20.8 Å². The van der Waals surface area contributed by atoms with Crippen LogP contribution in [0.5, 0.6) is 0 Å². The van der Waals surface area contributed by atoms with Crippen LogP contribution in [0.25, 0.3) is 0 Å². The Balaban J connectivity index is 3.85. The van der Waals surface area contributed by atoms with E-state index in [-0.39, 0.29) is 4.75 Å². The van der Waals surface area contributed by atoms with Crippen molar-refractivity contribution in [2.24, 2.45) is 0 Å². The molecule has 0 aromatic carbocycles. The third kappa shape index (κ3) is 10.8. The first kappa shape index (κ1) is 16.3. The highest BCUT2D eigenvalue weighted by Gasteiger charge is 2.15. The minimum Gasteiger partial charge on any atom is -0.316 e. The lowest BCUT2D eigenvalue weighted by Gasteiger charge is -2.22. The van der Waals surface area contributed by atoms with Crippen molar-refractivity contribution in [2.75, 3.05) is 24.8 Å². The predicted molar refractivity (Wildman–Crippen MR) is 74.0 cm³/mol. The lowest BCUT2D eigenvalue weighted by molar-refractivity contribution is 0.554. The van der Waals surface area contributed by atoms with Crippen molar-refractivity contribution < 1.29 is 8.42 Å². The smallest absolute Gasteiger partial charge is 0.147 e. The van der Waals surface area contributed by atoms with E-state index in [0.29, 0.717) is 11.8 Å². The van der Waals surface area contributed by atoms with Crippen LogP contribution in [0.2, 0.25) is 0 Å². The Kier molecular flexibility index (Phi) is 6.98. The Hall–Kier alpha value is 0.260. The number of thioether (sulfide) groups is 1. The molecular weight excluding hydrogens is 242 g/mol. The molecule has 0 amide bonds. The second-order valence-corrected chi connectivity index (χ2v) is 9.29. The maximum atomic E-state index is 11.0. The number of nitrogens with one attached hydrogen (secondary N) is 1. The van der Waals surface area contributed by atoms with Crippen molar-refractivity contribution >= 4 is 21.6 Å². The molecule has 0 aromatic rings. The van der Waals surface area contributed by atoms with Crippen molar-refractivity contribution in [3.8, 4) is 0 Å². The molecule has 1 unspecified atom stereocenters. The number of hydrogen-bond acceptors (Lipinski definition) is 4. The van der Waals surface area contributed by atoms with E-state index in [0.717, 1.165) is 18.6 Å². The van der Waals surface area contributed by atoms with Crippen LogP contribution in [0.4, 0.5) is 0 Å². The van der Waals surface area contributed by atoms with Gasteiger partial charge in [0.25, 0.3) is 0 Å². The summed E-state index contributed by atoms with van der Waals surface area (Å²) < 4.78 is 22.3. The first-order chi connectivity index (χ1) is 7.14. The lowest BCUT2D eigenvalue weighted by Crippen LogP contribution is -2.30. The topological polar surface area (TPSA) is 46.2 Å². The average molecular weight is 267 g/mol. The summed E-state index contributed by atoms with van der Waals surface area (Å²) in [5.74, 6) is 1.33. The van der Waals surface area contributed by atoms with Gasteiger partial charge < -0.3 is 5.32 Å². The van der Waals surface area contributed by atoms with Crippen LogP contribution in [-0.2, 0) is 9.84 Å². The number of rotatable bonds is 7. The maximum Gasteiger partial charge on any atom is 0.147 e. The molecule has 0 rings (SSSR count). The molecule has 0 saturated carbocycles. The molecule has 0 bridgehead atoms. The maximum absolute atomic E-state index is 11.0. The molecule has 0 spiro atoms. The molecule has 0 aliphatic heterocycles. The Morgan fingerprint density at radius 1 is 1.31 bits per heavy atom. The summed E-state index contributed by atoms with van der Waals surface area (Å²) in [5.41, 5.74) is 0. The Morgan fingerprint density at radius 2 is 1.88 bits per heavy atom. The van der Waals surface area contributed by atoms with Gasteiger partial charge in [0.2, 0.25) is 0 Å². The van der Waals surface area contributed by atoms with Crippen molar-refractivity contribution in [2.45, 2.75) is 44.4 Å². The molecule has 1 N–H and O–H groups in total. The van der Waals surface area contributed by atoms with E-state index in [9.17, 15) is 8.42 Å². The van der Waals surface area contributed by atoms with Crippen LogP contribution in [-0.4, -0.2) is 44.0 Å². The fourth-order valence-electron chi connectivity index (χ4n) is 1.25. The van der Waals surface area contributed by atoms with E-state index >= 15 is 0 Å². The molecule has 0 radical (unpaired) electrons. The van der Waals surface area contributed by atoms with Gasteiger partial charge in [0.1, 0.15) is 9.84 Å². The zero-order valence-corrected chi connectivity index (χ0v) is 12.7. The van der Waals surface area contributed by atoms with Gasteiger partial charge in [-0.2, -0.15) is 11.8 Å². The quantitative estimate of drug-likeness (QED) is 0.765. The summed E-state index contributed by atoms with van der Waals surface area (Å²) in [5, 5.41) is 3.25. The normalized spacial score (nSPS) is 15.1. The molecular formula is C11H25NO2S2. The van der Waals surface area contributed by atoms with Crippen molar-refractivity contribution in [3.05, 3.63) is 0 Å². The summed E-state index contributed by atoms with van der Waals surface area (Å²) in [6, 6.07) is 0.408. The minimum absolute atomic E-state index is 0.270. The van der Waals surface area contributed by atoms with E-state index < -0.39 is 9.84 Å². The van der Waals surface area contributed by atoms with Crippen molar-refractivity contribution in [1.82, 2.24) is 5.32 Å². The van der Waals surface area contributed by atoms with Crippen LogP contribution in [0.3, 0.4) is 0 Å². The van der Waals surface area contributed by atoms with Gasteiger partial charge in [0, 0.05) is 28.6 Å². The highest BCUT2D eigenvalue weighted by Crippen LogP contribution is 2.24. The van der Waals surface area contributed by atoms with Gasteiger partial charge in [0.15, 0.2) is 0 Å². The van der Waals surface area contributed by atoms with Crippen LogP contribution in [0.1, 0.15) is 33.6 Å². The summed E-state index contributed by atoms with van der Waals surface area (Å²) >= 11 is 1.91. The molecule has 5 heteroatoms. The van der Waals surface area contributed by atoms with E-state index in [1.165, 1.54) is 6.26 Å². The molecule has 0 aliphatic rings. The highest BCUT2D eigenvalue weighted by molar-refractivity contribution is 8.00. The predicted octanol–water partition coefficient (Wildman–Crippen LogP) is 1.93. The summed E-state index contributed by atoms with van der Waals surface area (Å²) in [6.45, 7) is 6.59. The third-order valence-electron chi connectivity index (χ3n) is 2.19. The second-order valence-electron chi connectivity index (χ2n) is 5.18. The van der Waals surface area contributed by atoms with Gasteiger partial charge in [-0.25, -0.2) is 8.42 Å². The fraction of sp³-hybridized carbons (Fsp3) is 1.00. The van der Waals surface area contributed by atoms with Crippen LogP contribution in [0.15, 0.2) is 0 Å². The third-order valence-corrected chi connectivity index (χ3v) is 4.66. The van der Waals surface area contributed by atoms with E-state index in [1.54, 1.807) is 0 Å². The van der Waals surface area contributed by atoms with Gasteiger partial charge >= 0.3 is 0 Å². The minimum atomic E-state index is -2.81. The van der Waals surface area contributed by atoms with Crippen LogP contribution < -0.4 is 5.32 Å². The molecule has 1 atom stereocenters. The van der Waals surface area contributed by atoms with E-state index in [1.807, 2.05) is 18.8 Å². The molecule has 0 saturated heterocycles. The second kappa shape index (κ2) is 6.87. The average Bonchev–Trinajstić information content (AvgIpc) is 2.07. The number of sulfone groups is 1. The van der Waals surface area contributed by atoms with Crippen molar-refractivity contribution in [1.29, 1.82) is 0 Å². The molecule has 0 heterocycles. The zero-order valence-electron chi connectivity index (χ0n) is 11.0. The summed E-state index contributed by atoms with van der Waals surface area (Å²) in [4.78, 5) is 0. The van der Waals surface area contributed by atoms with Gasteiger partial charge in [0.05, 0.1) is 0 Å². The molecule has 3 nitrogen and oxygen atoms in total. The fourth-order valence-corrected chi connectivity index (χ4v) is 2.98. The molecule has 98 valence electrons. The number of hydrogen-bond donors (Lipinski definition) is 1. The zero-order chi connectivity index (χ0) is 12.8. The molecule has 0 aromatic heterocycles. The lowest BCUT2D eigenvalue weighted by atomic mass is 10.2. The summed E-state index contributed by atoms with van der Waals surface area (Å²) in [7, 11) is -0.867. The van der Waals surface area contributed by atoms with Crippen LogP contribution >= 0.6 is 11.8 Å². The van der Waals surface area contributed by atoms with Gasteiger partial charge in [-0.05, 0) is 19.9 Å². The SMILES string of the molecule is CNC(CCCS(C)(=O)=O)CSC(C)(C)C. The van der Waals surface area contributed by atoms with Crippen molar-refractivity contribution in [3.63, 3.8) is 0 Å². The van der Waals surface area contributed by atoms with Crippen LogP contribution in [0, 0.1) is 0 Å². The highest BCUT2D eigenvalue weighted by atomic mass is 32.2. The Bertz CT molecular complexity index is 281. The standard InChI is InChI=1S/C11H25NO2S2/c1-11(2,3)15-9-10(12-4)7-6-8-16(5,13)14/h10,12H,6-9H2,1-5H3. The first-order valence-corrected chi connectivity index (χ1v) is 8.67. The largest absolute Gasteiger partial charge is 0.316 e. The Morgan fingerprint density at radius 3 is 2.25 bits per heavy atom. The molecule has 16 heavy (non-hydrogen) atoms.